The van der Waals surface area contributed by atoms with Crippen molar-refractivity contribution in [1.82, 2.24) is 10.2 Å². The minimum atomic E-state index is -1.26. The van der Waals surface area contributed by atoms with Crippen LogP contribution in [0.15, 0.2) is 42.0 Å². The van der Waals surface area contributed by atoms with Crippen LogP contribution in [-0.4, -0.2) is 97.1 Å². The third-order valence-corrected chi connectivity index (χ3v) is 8.20. The lowest BCUT2D eigenvalue weighted by Gasteiger charge is -2.41. The van der Waals surface area contributed by atoms with Crippen LogP contribution in [0, 0.1) is 0 Å². The van der Waals surface area contributed by atoms with E-state index in [2.05, 4.69) is 5.32 Å². The van der Waals surface area contributed by atoms with Gasteiger partial charge in [0, 0.05) is 37.1 Å². The van der Waals surface area contributed by atoms with Crippen molar-refractivity contribution in [1.29, 1.82) is 0 Å². The number of hydrogen-bond donors (Lipinski definition) is 4. The summed E-state index contributed by atoms with van der Waals surface area (Å²) in [7, 11) is 4.56. The molecular weight excluding hydrogens is 584 g/mol. The lowest BCUT2D eigenvalue weighted by molar-refractivity contribution is -0.137. The van der Waals surface area contributed by atoms with Gasteiger partial charge in [-0.25, -0.2) is 0 Å². The Morgan fingerprint density at radius 1 is 1.00 bits per heavy atom. The van der Waals surface area contributed by atoms with Gasteiger partial charge in [-0.1, -0.05) is 0 Å². The van der Waals surface area contributed by atoms with Crippen molar-refractivity contribution >= 4 is 17.6 Å². The van der Waals surface area contributed by atoms with Gasteiger partial charge in [-0.2, -0.15) is 0 Å². The standard InChI is InChI=1S/C33H42N2O10/c1-19(38)6-5-7-28(39)35(12-10-21-16-22(42-2)8-9-26(21)43-3)25-17-24(33(41)34-11-13-36)29-23-14-20(18-37)15-27(44-4)31(23)45-32(29)30(25)40/h8-9,14-17,25,29-30,32,36-37,40H,5-7,10-13,18H2,1-4H3,(H,34,41). The largest absolute Gasteiger partial charge is 0.497 e. The number of benzene rings is 2. The number of carbonyl (C=O) groups excluding carboxylic acids is 3. The predicted octanol–water partition coefficient (Wildman–Crippen LogP) is 1.66. The highest BCUT2D eigenvalue weighted by Gasteiger charge is 2.51. The Balaban J connectivity index is 1.77. The van der Waals surface area contributed by atoms with Gasteiger partial charge in [0.15, 0.2) is 11.5 Å². The number of ketones is 1. The number of Topliss-reactive ketones (excluding diaryl/α,β-unsaturated/α-hetero) is 1. The zero-order valence-electron chi connectivity index (χ0n) is 26.1. The van der Waals surface area contributed by atoms with Crippen LogP contribution in [0.1, 0.15) is 48.8 Å². The van der Waals surface area contributed by atoms with E-state index in [9.17, 15) is 29.7 Å². The molecule has 2 aliphatic rings. The number of aliphatic hydroxyl groups is 3. The van der Waals surface area contributed by atoms with Gasteiger partial charge in [0.25, 0.3) is 0 Å². The van der Waals surface area contributed by atoms with Crippen molar-refractivity contribution < 1.29 is 48.7 Å². The maximum absolute atomic E-state index is 13.8. The molecule has 12 heteroatoms. The summed E-state index contributed by atoms with van der Waals surface area (Å²) in [5, 5.41) is 33.8. The van der Waals surface area contributed by atoms with Gasteiger partial charge in [0.05, 0.1) is 46.5 Å². The Kier molecular flexibility index (Phi) is 11.4. The second-order valence-electron chi connectivity index (χ2n) is 11.1. The number of ether oxygens (including phenoxy) is 4. The van der Waals surface area contributed by atoms with Crippen molar-refractivity contribution in [3.8, 4) is 23.0 Å². The topological polar surface area (TPSA) is 164 Å². The van der Waals surface area contributed by atoms with Gasteiger partial charge < -0.3 is 49.3 Å². The SMILES string of the molecule is COc1ccc(OC)c(CCN(C(=O)CCCC(C)=O)C2C=C(C(=O)NCCO)C3c4cc(CO)cc(OC)c4OC3C2O)c1. The average Bonchev–Trinajstić information content (AvgIpc) is 3.43. The van der Waals surface area contributed by atoms with Crippen LogP contribution in [0.25, 0.3) is 0 Å². The summed E-state index contributed by atoms with van der Waals surface area (Å²) in [5.41, 5.74) is 2.13. The number of aliphatic hydroxyl groups excluding tert-OH is 3. The van der Waals surface area contributed by atoms with E-state index in [1.807, 2.05) is 6.07 Å². The average molecular weight is 627 g/mol. The molecule has 0 radical (unpaired) electrons. The second-order valence-corrected chi connectivity index (χ2v) is 11.1. The monoisotopic (exact) mass is 626 g/mol. The van der Waals surface area contributed by atoms with Crippen LogP contribution in [-0.2, 0) is 27.4 Å². The van der Waals surface area contributed by atoms with Crippen LogP contribution in [0.5, 0.6) is 23.0 Å². The fourth-order valence-electron chi connectivity index (χ4n) is 6.01. The molecule has 4 rings (SSSR count). The molecule has 0 saturated carbocycles. The van der Waals surface area contributed by atoms with Gasteiger partial charge in [-0.15, -0.1) is 0 Å². The highest BCUT2D eigenvalue weighted by atomic mass is 16.5. The lowest BCUT2D eigenvalue weighted by atomic mass is 9.77. The van der Waals surface area contributed by atoms with Crippen LogP contribution < -0.4 is 24.3 Å². The number of fused-ring (bicyclic) bond motifs is 3. The van der Waals surface area contributed by atoms with Crippen molar-refractivity contribution in [3.63, 3.8) is 0 Å². The van der Waals surface area contributed by atoms with E-state index >= 15 is 0 Å². The van der Waals surface area contributed by atoms with E-state index < -0.39 is 30.1 Å². The number of hydrogen-bond acceptors (Lipinski definition) is 10. The van der Waals surface area contributed by atoms with Crippen LogP contribution in [0.4, 0.5) is 0 Å². The fourth-order valence-corrected chi connectivity index (χ4v) is 6.01. The van der Waals surface area contributed by atoms with Gasteiger partial charge in [-0.3, -0.25) is 9.59 Å². The number of rotatable bonds is 15. The maximum Gasteiger partial charge on any atom is 0.247 e. The van der Waals surface area contributed by atoms with E-state index in [0.717, 1.165) is 5.56 Å². The third-order valence-electron chi connectivity index (χ3n) is 8.20. The van der Waals surface area contributed by atoms with E-state index in [-0.39, 0.29) is 56.4 Å². The van der Waals surface area contributed by atoms with E-state index in [0.29, 0.717) is 47.0 Å². The van der Waals surface area contributed by atoms with Crippen LogP contribution >= 0.6 is 0 Å². The Morgan fingerprint density at radius 3 is 2.40 bits per heavy atom. The molecule has 0 fully saturated rings. The number of nitrogens with zero attached hydrogens (tertiary/aromatic N) is 1. The Labute approximate surface area is 262 Å². The van der Waals surface area contributed by atoms with Gasteiger partial charge in [-0.05, 0) is 67.3 Å². The predicted molar refractivity (Wildman–Crippen MR) is 164 cm³/mol. The minimum absolute atomic E-state index is 0.00216. The number of amides is 2. The molecule has 2 amide bonds. The highest BCUT2D eigenvalue weighted by Crippen LogP contribution is 2.51. The van der Waals surface area contributed by atoms with Gasteiger partial charge >= 0.3 is 0 Å². The zero-order valence-corrected chi connectivity index (χ0v) is 26.1. The van der Waals surface area contributed by atoms with Crippen LogP contribution in [0.3, 0.4) is 0 Å². The quantitative estimate of drug-likeness (QED) is 0.229. The first-order valence-electron chi connectivity index (χ1n) is 14.9. The van der Waals surface area contributed by atoms with Crippen molar-refractivity contribution in [2.45, 2.75) is 63.4 Å². The molecule has 0 bridgehead atoms. The van der Waals surface area contributed by atoms with Gasteiger partial charge in [0.2, 0.25) is 11.8 Å². The van der Waals surface area contributed by atoms with E-state index in [4.69, 9.17) is 18.9 Å². The molecule has 4 atom stereocenters. The number of methoxy groups -OCH3 is 3. The Morgan fingerprint density at radius 2 is 1.76 bits per heavy atom. The molecular formula is C33H42N2O10. The first-order valence-corrected chi connectivity index (χ1v) is 14.9. The molecule has 1 aliphatic carbocycles. The molecule has 1 heterocycles. The van der Waals surface area contributed by atoms with Crippen molar-refractivity contribution in [3.05, 3.63) is 58.7 Å². The smallest absolute Gasteiger partial charge is 0.247 e. The highest BCUT2D eigenvalue weighted by molar-refractivity contribution is 5.96. The molecule has 2 aromatic rings. The summed E-state index contributed by atoms with van der Waals surface area (Å²) >= 11 is 0. The normalized spacial score (nSPS) is 19.8. The first-order chi connectivity index (χ1) is 21.7. The van der Waals surface area contributed by atoms with Crippen LogP contribution in [0.2, 0.25) is 0 Å². The summed E-state index contributed by atoms with van der Waals surface area (Å²) < 4.78 is 22.7. The van der Waals surface area contributed by atoms with Crippen molar-refractivity contribution in [2.24, 2.45) is 0 Å². The molecule has 12 nitrogen and oxygen atoms in total. The molecule has 4 unspecified atom stereocenters. The maximum atomic E-state index is 13.8. The summed E-state index contributed by atoms with van der Waals surface area (Å²) in [6, 6.07) is 7.72. The number of nitrogens with one attached hydrogen (secondary N) is 1. The Hall–Kier alpha value is -4.13. The molecule has 1 aliphatic heterocycles. The van der Waals surface area contributed by atoms with E-state index in [1.54, 1.807) is 44.6 Å². The summed E-state index contributed by atoms with van der Waals surface area (Å²) in [5.74, 6) is 0.331. The summed E-state index contributed by atoms with van der Waals surface area (Å²) in [4.78, 5) is 40.5. The number of carbonyl (C=O) groups is 3. The van der Waals surface area contributed by atoms with E-state index in [1.165, 1.54) is 18.9 Å². The minimum Gasteiger partial charge on any atom is -0.497 e. The van der Waals surface area contributed by atoms with Crippen molar-refractivity contribution in [2.75, 3.05) is 41.0 Å². The lowest BCUT2D eigenvalue weighted by Crippen LogP contribution is -2.56. The molecule has 45 heavy (non-hydrogen) atoms. The summed E-state index contributed by atoms with van der Waals surface area (Å²) in [6.07, 6.45) is 0.317. The van der Waals surface area contributed by atoms with Gasteiger partial charge in [0.1, 0.15) is 29.5 Å². The molecule has 0 saturated heterocycles. The fraction of sp³-hybridized carbons (Fsp3) is 0.485. The molecule has 0 spiro atoms. The third kappa shape index (κ3) is 7.41. The zero-order chi connectivity index (χ0) is 32.7. The first kappa shape index (κ1) is 33.8. The molecule has 244 valence electrons. The Bertz CT molecular complexity index is 1420. The second kappa shape index (κ2) is 15.2. The molecule has 0 aromatic heterocycles. The molecule has 2 aromatic carbocycles. The summed E-state index contributed by atoms with van der Waals surface area (Å²) in [6.45, 7) is 1.05. The molecule has 4 N–H and O–H groups in total.